The largest absolute Gasteiger partial charge is 0.362 e. The Labute approximate surface area is 84.6 Å². The molecule has 0 spiro atoms. The van der Waals surface area contributed by atoms with Crippen LogP contribution in [-0.4, -0.2) is 48.7 Å². The van der Waals surface area contributed by atoms with Gasteiger partial charge in [-0.3, -0.25) is 4.79 Å². The average molecular weight is 198 g/mol. The van der Waals surface area contributed by atoms with E-state index in [0.717, 1.165) is 26.1 Å². The smallest absolute Gasteiger partial charge is 0.252 e. The maximum absolute atomic E-state index is 11.8. The summed E-state index contributed by atoms with van der Waals surface area (Å²) in [4.78, 5) is 13.7. The summed E-state index contributed by atoms with van der Waals surface area (Å²) < 4.78 is 5.69. The number of ether oxygens (including phenoxy) is 1. The van der Waals surface area contributed by atoms with E-state index in [0.29, 0.717) is 6.04 Å². The van der Waals surface area contributed by atoms with Gasteiger partial charge in [-0.1, -0.05) is 0 Å². The van der Waals surface area contributed by atoms with E-state index in [4.69, 9.17) is 4.74 Å². The van der Waals surface area contributed by atoms with Gasteiger partial charge in [-0.15, -0.1) is 0 Å². The van der Waals surface area contributed by atoms with E-state index < -0.39 is 0 Å². The molecule has 1 atom stereocenters. The Morgan fingerprint density at radius 3 is 2.64 bits per heavy atom. The van der Waals surface area contributed by atoms with Crippen LogP contribution in [0.2, 0.25) is 0 Å². The summed E-state index contributed by atoms with van der Waals surface area (Å²) in [5, 5.41) is 3.13. The van der Waals surface area contributed by atoms with Gasteiger partial charge in [0.25, 0.3) is 5.91 Å². The van der Waals surface area contributed by atoms with E-state index in [2.05, 4.69) is 5.32 Å². The lowest BCUT2D eigenvalue weighted by atomic mass is 10.2. The summed E-state index contributed by atoms with van der Waals surface area (Å²) in [6.07, 6.45) is 0.939. The van der Waals surface area contributed by atoms with Crippen molar-refractivity contribution in [3.63, 3.8) is 0 Å². The second kappa shape index (κ2) is 3.87. The van der Waals surface area contributed by atoms with Gasteiger partial charge in [0, 0.05) is 32.1 Å². The molecule has 0 aromatic carbocycles. The maximum atomic E-state index is 11.8. The summed E-state index contributed by atoms with van der Waals surface area (Å²) in [5.41, 5.74) is 0. The van der Waals surface area contributed by atoms with Crippen molar-refractivity contribution in [2.75, 3.05) is 19.6 Å². The fourth-order valence-electron chi connectivity index (χ4n) is 1.90. The second-order valence-corrected chi connectivity index (χ2v) is 4.32. The van der Waals surface area contributed by atoms with Crippen LogP contribution in [0.4, 0.5) is 0 Å². The molecule has 0 aliphatic carbocycles. The van der Waals surface area contributed by atoms with Gasteiger partial charge < -0.3 is 15.0 Å². The van der Waals surface area contributed by atoms with Gasteiger partial charge in [0.1, 0.15) is 6.10 Å². The monoisotopic (exact) mass is 198 g/mol. The van der Waals surface area contributed by atoms with Crippen molar-refractivity contribution in [3.05, 3.63) is 0 Å². The highest BCUT2D eigenvalue weighted by atomic mass is 16.5. The molecule has 1 unspecified atom stereocenters. The zero-order valence-corrected chi connectivity index (χ0v) is 8.82. The Morgan fingerprint density at radius 2 is 2.21 bits per heavy atom. The van der Waals surface area contributed by atoms with Crippen LogP contribution in [-0.2, 0) is 9.53 Å². The molecule has 0 radical (unpaired) electrons. The van der Waals surface area contributed by atoms with Crippen LogP contribution in [0.3, 0.4) is 0 Å². The molecule has 2 aliphatic rings. The third kappa shape index (κ3) is 1.77. The van der Waals surface area contributed by atoms with Crippen LogP contribution in [0.15, 0.2) is 0 Å². The van der Waals surface area contributed by atoms with E-state index in [1.165, 1.54) is 0 Å². The van der Waals surface area contributed by atoms with E-state index in [1.807, 2.05) is 18.7 Å². The summed E-state index contributed by atoms with van der Waals surface area (Å²) in [6, 6.07) is 0.301. The number of nitrogens with one attached hydrogen (secondary N) is 1. The quantitative estimate of drug-likeness (QED) is 0.693. The highest BCUT2D eigenvalue weighted by Gasteiger charge is 2.36. The molecule has 0 bridgehead atoms. The number of rotatable bonds is 3. The lowest BCUT2D eigenvalue weighted by Crippen LogP contribution is -2.51. The van der Waals surface area contributed by atoms with Crippen LogP contribution < -0.4 is 5.32 Å². The van der Waals surface area contributed by atoms with Crippen molar-refractivity contribution in [1.82, 2.24) is 10.2 Å². The third-order valence-corrected chi connectivity index (χ3v) is 2.91. The predicted molar refractivity (Wildman–Crippen MR) is 53.0 cm³/mol. The number of nitrogens with zero attached hydrogens (tertiary/aromatic N) is 1. The summed E-state index contributed by atoms with van der Waals surface area (Å²) in [6.45, 7) is 6.73. The highest BCUT2D eigenvalue weighted by molar-refractivity contribution is 5.83. The first-order chi connectivity index (χ1) is 6.68. The van der Waals surface area contributed by atoms with E-state index >= 15 is 0 Å². The number of hydrogen-bond donors (Lipinski definition) is 1. The van der Waals surface area contributed by atoms with Crippen molar-refractivity contribution in [2.45, 2.75) is 38.5 Å². The lowest BCUT2D eigenvalue weighted by Gasteiger charge is -2.29. The minimum atomic E-state index is -0.176. The van der Waals surface area contributed by atoms with Gasteiger partial charge in [-0.05, 0) is 13.8 Å². The Balaban J connectivity index is 1.86. The fourth-order valence-corrected chi connectivity index (χ4v) is 1.90. The molecule has 2 saturated heterocycles. The van der Waals surface area contributed by atoms with Gasteiger partial charge in [-0.2, -0.15) is 0 Å². The molecular weight excluding hydrogens is 180 g/mol. The van der Waals surface area contributed by atoms with Gasteiger partial charge in [0.2, 0.25) is 0 Å². The van der Waals surface area contributed by atoms with Crippen LogP contribution in [0.5, 0.6) is 0 Å². The molecule has 2 aliphatic heterocycles. The summed E-state index contributed by atoms with van der Waals surface area (Å²) in [7, 11) is 0. The number of amides is 1. The number of carbonyl (C=O) groups excluding carboxylic acids is 1. The lowest BCUT2D eigenvalue weighted by molar-refractivity contribution is -0.143. The molecule has 2 fully saturated rings. The molecule has 2 heterocycles. The number of likely N-dealkylation sites (tertiary alicyclic amines) is 1. The molecular formula is C10H18N2O2. The van der Waals surface area contributed by atoms with E-state index in [-0.39, 0.29) is 18.1 Å². The molecule has 14 heavy (non-hydrogen) atoms. The molecule has 80 valence electrons. The maximum Gasteiger partial charge on any atom is 0.252 e. The first kappa shape index (κ1) is 9.93. The minimum Gasteiger partial charge on any atom is -0.362 e. The molecule has 1 amide bonds. The first-order valence-corrected chi connectivity index (χ1v) is 5.35. The molecule has 4 heteroatoms. The second-order valence-electron chi connectivity index (χ2n) is 4.32. The Morgan fingerprint density at radius 1 is 1.50 bits per heavy atom. The van der Waals surface area contributed by atoms with Crippen LogP contribution in [0.25, 0.3) is 0 Å². The van der Waals surface area contributed by atoms with Crippen LogP contribution in [0.1, 0.15) is 20.3 Å². The standard InChI is InChI=1S/C10H18N2O2/c1-7(2)12-4-3-9(10(12)13)14-8-5-11-6-8/h7-9,11H,3-6H2,1-2H3. The molecule has 2 rings (SSSR count). The van der Waals surface area contributed by atoms with Crippen molar-refractivity contribution in [3.8, 4) is 0 Å². The molecule has 0 aromatic rings. The van der Waals surface area contributed by atoms with E-state index in [1.54, 1.807) is 0 Å². The zero-order chi connectivity index (χ0) is 10.1. The zero-order valence-electron chi connectivity index (χ0n) is 8.82. The topological polar surface area (TPSA) is 41.6 Å². The Hall–Kier alpha value is -0.610. The molecule has 1 N–H and O–H groups in total. The third-order valence-electron chi connectivity index (χ3n) is 2.91. The SMILES string of the molecule is CC(C)N1CCC(OC2CNC2)C1=O. The summed E-state index contributed by atoms with van der Waals surface area (Å²) >= 11 is 0. The molecule has 0 aromatic heterocycles. The van der Waals surface area contributed by atoms with Crippen molar-refractivity contribution in [2.24, 2.45) is 0 Å². The highest BCUT2D eigenvalue weighted by Crippen LogP contribution is 2.19. The molecule has 4 nitrogen and oxygen atoms in total. The number of hydrogen-bond acceptors (Lipinski definition) is 3. The van der Waals surface area contributed by atoms with Gasteiger partial charge in [0.05, 0.1) is 6.10 Å². The Kier molecular flexibility index (Phi) is 2.74. The average Bonchev–Trinajstić information content (AvgIpc) is 2.40. The van der Waals surface area contributed by atoms with Crippen LogP contribution >= 0.6 is 0 Å². The first-order valence-electron chi connectivity index (χ1n) is 5.35. The predicted octanol–water partition coefficient (Wildman–Crippen LogP) is -0.0159. The van der Waals surface area contributed by atoms with Gasteiger partial charge >= 0.3 is 0 Å². The molecule has 0 saturated carbocycles. The van der Waals surface area contributed by atoms with Crippen molar-refractivity contribution < 1.29 is 9.53 Å². The van der Waals surface area contributed by atoms with Crippen molar-refractivity contribution >= 4 is 5.91 Å². The summed E-state index contributed by atoms with van der Waals surface area (Å²) in [5.74, 6) is 0.173. The number of carbonyl (C=O) groups is 1. The minimum absolute atomic E-state index is 0.173. The Bertz CT molecular complexity index is 226. The van der Waals surface area contributed by atoms with Gasteiger partial charge in [-0.25, -0.2) is 0 Å². The van der Waals surface area contributed by atoms with Crippen molar-refractivity contribution in [1.29, 1.82) is 0 Å². The van der Waals surface area contributed by atoms with Gasteiger partial charge in [0.15, 0.2) is 0 Å². The van der Waals surface area contributed by atoms with E-state index in [9.17, 15) is 4.79 Å². The fraction of sp³-hybridized carbons (Fsp3) is 0.900. The van der Waals surface area contributed by atoms with Crippen LogP contribution in [0, 0.1) is 0 Å². The normalized spacial score (nSPS) is 28.6.